The van der Waals surface area contributed by atoms with Gasteiger partial charge in [0.1, 0.15) is 6.54 Å². The monoisotopic (exact) mass is 530 g/mol. The first-order valence-electron chi connectivity index (χ1n) is 12.0. The van der Waals surface area contributed by atoms with Gasteiger partial charge in [-0.25, -0.2) is 8.42 Å². The van der Waals surface area contributed by atoms with Crippen molar-refractivity contribution >= 4 is 21.6 Å². The number of hydrogen-bond donors (Lipinski definition) is 1. The van der Waals surface area contributed by atoms with Crippen LogP contribution < -0.4 is 19.1 Å². The van der Waals surface area contributed by atoms with E-state index in [1.165, 1.54) is 32.4 Å². The molecule has 0 aliphatic heterocycles. The molecule has 0 saturated carbocycles. The first kappa shape index (κ1) is 26.8. The van der Waals surface area contributed by atoms with E-state index >= 15 is 0 Å². The molecule has 8 heteroatoms. The Morgan fingerprint density at radius 1 is 0.816 bits per heavy atom. The number of carbonyl (C=O) groups excluding carboxylic acids is 1. The zero-order valence-corrected chi connectivity index (χ0v) is 22.3. The van der Waals surface area contributed by atoms with Gasteiger partial charge in [0.25, 0.3) is 10.0 Å². The van der Waals surface area contributed by atoms with E-state index in [4.69, 9.17) is 9.47 Å². The molecule has 0 spiro atoms. The van der Waals surface area contributed by atoms with Crippen LogP contribution in [0.3, 0.4) is 0 Å². The van der Waals surface area contributed by atoms with E-state index < -0.39 is 28.5 Å². The first-order valence-corrected chi connectivity index (χ1v) is 13.5. The summed E-state index contributed by atoms with van der Waals surface area (Å²) in [5, 5.41) is 3.07. The lowest BCUT2D eigenvalue weighted by molar-refractivity contribution is -0.120. The lowest BCUT2D eigenvalue weighted by Gasteiger charge is -2.27. The Labute approximate surface area is 223 Å². The highest BCUT2D eigenvalue weighted by atomic mass is 32.2. The SMILES string of the molecule is COc1ccc(S(=O)(=O)N(CC(=O)N[C@H](c2ccccc2)c2ccccc2C)c2ccccc2)cc1OC. The van der Waals surface area contributed by atoms with Gasteiger partial charge in [-0.2, -0.15) is 0 Å². The van der Waals surface area contributed by atoms with Crippen LogP contribution in [0.4, 0.5) is 5.69 Å². The molecule has 196 valence electrons. The van der Waals surface area contributed by atoms with Crippen LogP contribution in [0, 0.1) is 6.92 Å². The third kappa shape index (κ3) is 5.81. The number of nitrogens with one attached hydrogen (secondary N) is 1. The number of sulfonamides is 1. The van der Waals surface area contributed by atoms with Crippen molar-refractivity contribution in [2.75, 3.05) is 25.1 Å². The number of ether oxygens (including phenoxy) is 2. The van der Waals surface area contributed by atoms with Gasteiger partial charge in [-0.1, -0.05) is 72.8 Å². The minimum atomic E-state index is -4.14. The van der Waals surface area contributed by atoms with Gasteiger partial charge in [-0.3, -0.25) is 9.10 Å². The maximum atomic E-state index is 13.9. The Morgan fingerprint density at radius 3 is 2.05 bits per heavy atom. The minimum absolute atomic E-state index is 0.0229. The van der Waals surface area contributed by atoms with Crippen LogP contribution in [0.1, 0.15) is 22.7 Å². The Hall–Kier alpha value is -4.30. The highest BCUT2D eigenvalue weighted by molar-refractivity contribution is 7.92. The second-order valence-corrected chi connectivity index (χ2v) is 10.5. The average Bonchev–Trinajstić information content (AvgIpc) is 2.95. The molecule has 4 aromatic carbocycles. The van der Waals surface area contributed by atoms with Crippen molar-refractivity contribution in [2.45, 2.75) is 17.9 Å². The number of rotatable bonds is 10. The molecule has 7 nitrogen and oxygen atoms in total. The summed E-state index contributed by atoms with van der Waals surface area (Å²) >= 11 is 0. The van der Waals surface area contributed by atoms with E-state index in [-0.39, 0.29) is 10.6 Å². The van der Waals surface area contributed by atoms with Crippen molar-refractivity contribution in [3.63, 3.8) is 0 Å². The normalized spacial score (nSPS) is 11.9. The largest absolute Gasteiger partial charge is 0.493 e. The highest BCUT2D eigenvalue weighted by Gasteiger charge is 2.29. The van der Waals surface area contributed by atoms with E-state index in [1.807, 2.05) is 61.5 Å². The molecule has 0 bridgehead atoms. The summed E-state index contributed by atoms with van der Waals surface area (Å²) in [4.78, 5) is 13.5. The number of benzene rings is 4. The molecule has 0 heterocycles. The number of amides is 1. The topological polar surface area (TPSA) is 84.9 Å². The molecule has 0 radical (unpaired) electrons. The van der Waals surface area contributed by atoms with Crippen molar-refractivity contribution in [2.24, 2.45) is 0 Å². The summed E-state index contributed by atoms with van der Waals surface area (Å²) < 4.78 is 39.4. The fraction of sp³-hybridized carbons (Fsp3) is 0.167. The molecular formula is C30H30N2O5S. The van der Waals surface area contributed by atoms with Crippen molar-refractivity contribution < 1.29 is 22.7 Å². The van der Waals surface area contributed by atoms with Gasteiger partial charge in [0, 0.05) is 6.07 Å². The molecule has 1 amide bonds. The van der Waals surface area contributed by atoms with Gasteiger partial charge in [0.2, 0.25) is 5.91 Å². The van der Waals surface area contributed by atoms with E-state index in [0.717, 1.165) is 21.0 Å². The van der Waals surface area contributed by atoms with Crippen LogP contribution in [-0.4, -0.2) is 35.1 Å². The maximum Gasteiger partial charge on any atom is 0.264 e. The Bertz CT molecular complexity index is 1490. The molecule has 4 rings (SSSR count). The van der Waals surface area contributed by atoms with Gasteiger partial charge < -0.3 is 14.8 Å². The number of methoxy groups -OCH3 is 2. The lowest BCUT2D eigenvalue weighted by Crippen LogP contribution is -2.42. The van der Waals surface area contributed by atoms with Crippen LogP contribution in [0.25, 0.3) is 0 Å². The van der Waals surface area contributed by atoms with Gasteiger partial charge >= 0.3 is 0 Å². The molecule has 0 saturated heterocycles. The number of carbonyl (C=O) groups is 1. The molecule has 0 aliphatic rings. The second kappa shape index (κ2) is 11.8. The Balaban J connectivity index is 1.70. The first-order chi connectivity index (χ1) is 18.3. The Kier molecular flexibility index (Phi) is 8.33. The van der Waals surface area contributed by atoms with Crippen molar-refractivity contribution in [1.29, 1.82) is 0 Å². The van der Waals surface area contributed by atoms with Gasteiger partial charge in [-0.15, -0.1) is 0 Å². The summed E-state index contributed by atoms with van der Waals surface area (Å²) in [6.45, 7) is 1.56. The Morgan fingerprint density at radius 2 is 1.42 bits per heavy atom. The summed E-state index contributed by atoms with van der Waals surface area (Å²) in [7, 11) is -1.23. The predicted octanol–water partition coefficient (Wildman–Crippen LogP) is 5.11. The minimum Gasteiger partial charge on any atom is -0.493 e. The van der Waals surface area contributed by atoms with Gasteiger partial charge in [0.05, 0.1) is 30.8 Å². The molecule has 38 heavy (non-hydrogen) atoms. The number of anilines is 1. The van der Waals surface area contributed by atoms with Crippen LogP contribution in [0.5, 0.6) is 11.5 Å². The van der Waals surface area contributed by atoms with Gasteiger partial charge in [0.15, 0.2) is 11.5 Å². The number of aryl methyl sites for hydroxylation is 1. The second-order valence-electron chi connectivity index (χ2n) is 8.63. The maximum absolute atomic E-state index is 13.9. The smallest absolute Gasteiger partial charge is 0.264 e. The summed E-state index contributed by atoms with van der Waals surface area (Å²) in [6, 6.07) is 29.8. The molecule has 1 atom stereocenters. The fourth-order valence-electron chi connectivity index (χ4n) is 4.25. The quantitative estimate of drug-likeness (QED) is 0.308. The third-order valence-corrected chi connectivity index (χ3v) is 7.98. The third-order valence-electron chi connectivity index (χ3n) is 6.21. The number of hydrogen-bond acceptors (Lipinski definition) is 5. The standard InChI is InChI=1S/C30H30N2O5S/c1-22-12-10-11-17-26(22)30(23-13-6-4-7-14-23)31-29(33)21-32(24-15-8-5-9-16-24)38(34,35)25-18-19-27(36-2)28(20-25)37-3/h4-20,30H,21H2,1-3H3,(H,31,33)/t30-/m1/s1. The van der Waals surface area contributed by atoms with E-state index in [0.29, 0.717) is 11.4 Å². The lowest BCUT2D eigenvalue weighted by atomic mass is 9.95. The molecule has 4 aromatic rings. The highest BCUT2D eigenvalue weighted by Crippen LogP contribution is 2.32. The average molecular weight is 531 g/mol. The van der Waals surface area contributed by atoms with E-state index in [2.05, 4.69) is 5.32 Å². The molecule has 0 aromatic heterocycles. The van der Waals surface area contributed by atoms with Crippen LogP contribution in [0.15, 0.2) is 108 Å². The van der Waals surface area contributed by atoms with Crippen LogP contribution in [0.2, 0.25) is 0 Å². The fourth-order valence-corrected chi connectivity index (χ4v) is 5.68. The molecule has 0 aliphatic carbocycles. The van der Waals surface area contributed by atoms with Crippen molar-refractivity contribution in [3.8, 4) is 11.5 Å². The van der Waals surface area contributed by atoms with Crippen LogP contribution >= 0.6 is 0 Å². The van der Waals surface area contributed by atoms with Crippen molar-refractivity contribution in [1.82, 2.24) is 5.32 Å². The summed E-state index contributed by atoms with van der Waals surface area (Å²) in [6.07, 6.45) is 0. The summed E-state index contributed by atoms with van der Waals surface area (Å²) in [5.74, 6) is 0.226. The number of para-hydroxylation sites is 1. The summed E-state index contributed by atoms with van der Waals surface area (Å²) in [5.41, 5.74) is 3.20. The van der Waals surface area contributed by atoms with E-state index in [9.17, 15) is 13.2 Å². The van der Waals surface area contributed by atoms with Gasteiger partial charge in [-0.05, 0) is 47.9 Å². The molecule has 1 N–H and O–H groups in total. The zero-order valence-electron chi connectivity index (χ0n) is 21.5. The molecular weight excluding hydrogens is 500 g/mol. The van der Waals surface area contributed by atoms with Crippen LogP contribution in [-0.2, 0) is 14.8 Å². The van der Waals surface area contributed by atoms with Crippen molar-refractivity contribution in [3.05, 3.63) is 120 Å². The van der Waals surface area contributed by atoms with E-state index in [1.54, 1.807) is 30.3 Å². The number of nitrogens with zero attached hydrogens (tertiary/aromatic N) is 1. The molecule has 0 unspecified atom stereocenters. The molecule has 0 fully saturated rings. The zero-order chi connectivity index (χ0) is 27.1. The predicted molar refractivity (Wildman–Crippen MR) is 148 cm³/mol.